The molecule has 2 N–H and O–H groups in total. The van der Waals surface area contributed by atoms with E-state index in [2.05, 4.69) is 15.1 Å². The Balaban J connectivity index is 1.56. The van der Waals surface area contributed by atoms with Crippen LogP contribution >= 0.6 is 11.3 Å². The van der Waals surface area contributed by atoms with Crippen molar-refractivity contribution in [2.24, 2.45) is 0 Å². The van der Waals surface area contributed by atoms with Crippen LogP contribution in [0.2, 0.25) is 0 Å². The molecule has 0 aliphatic rings. The van der Waals surface area contributed by atoms with E-state index in [-0.39, 0.29) is 17.5 Å². The first-order valence-corrected chi connectivity index (χ1v) is 11.9. The molecule has 0 radical (unpaired) electrons. The Morgan fingerprint density at radius 3 is 2.39 bits per heavy atom. The van der Waals surface area contributed by atoms with Gasteiger partial charge in [0.1, 0.15) is 10.6 Å². The van der Waals surface area contributed by atoms with Crippen LogP contribution in [0.5, 0.6) is 0 Å². The first-order chi connectivity index (χ1) is 14.8. The van der Waals surface area contributed by atoms with Crippen LogP contribution in [0.1, 0.15) is 22.3 Å². The lowest BCUT2D eigenvalue weighted by Crippen LogP contribution is -2.14. The highest BCUT2D eigenvalue weighted by Gasteiger charge is 2.17. The molecular formula is C21H19FN4O3S2. The van der Waals surface area contributed by atoms with Crippen LogP contribution in [0.25, 0.3) is 15.9 Å². The smallest absolute Gasteiger partial charge is 0.265 e. The lowest BCUT2D eigenvalue weighted by molar-refractivity contribution is 0.103. The molecule has 0 spiro atoms. The number of hydrogen-bond donors (Lipinski definition) is 2. The van der Waals surface area contributed by atoms with Gasteiger partial charge in [-0.15, -0.1) is 11.3 Å². The zero-order valence-corrected chi connectivity index (χ0v) is 18.3. The molecule has 2 aromatic carbocycles. The average Bonchev–Trinajstić information content (AvgIpc) is 3.31. The summed E-state index contributed by atoms with van der Waals surface area (Å²) in [5.74, 6) is -0.636. The van der Waals surface area contributed by atoms with E-state index < -0.39 is 10.0 Å². The van der Waals surface area contributed by atoms with Crippen molar-refractivity contribution in [1.29, 1.82) is 0 Å². The summed E-state index contributed by atoms with van der Waals surface area (Å²) in [6.07, 6.45) is 0. The van der Waals surface area contributed by atoms with Gasteiger partial charge in [-0.3, -0.25) is 9.52 Å². The van der Waals surface area contributed by atoms with E-state index in [9.17, 15) is 17.6 Å². The molecule has 4 aromatic rings. The number of fused-ring (bicyclic) bond motifs is 1. The van der Waals surface area contributed by atoms with Crippen molar-refractivity contribution in [2.75, 3.05) is 15.8 Å². The molecule has 2 heterocycles. The Hall–Kier alpha value is -3.24. The summed E-state index contributed by atoms with van der Waals surface area (Å²) in [4.78, 5) is 14.0. The summed E-state index contributed by atoms with van der Waals surface area (Å²) in [7, 11) is -3.36. The summed E-state index contributed by atoms with van der Waals surface area (Å²) in [6, 6.07) is 14.2. The number of nitrogens with zero attached hydrogens (tertiary/aromatic N) is 2. The van der Waals surface area contributed by atoms with Gasteiger partial charge < -0.3 is 5.32 Å². The fraction of sp³-hybridized carbons (Fsp3) is 0.143. The maximum absolute atomic E-state index is 13.2. The quantitative estimate of drug-likeness (QED) is 0.443. The van der Waals surface area contributed by atoms with Crippen LogP contribution in [0.3, 0.4) is 0 Å². The van der Waals surface area contributed by atoms with Crippen molar-refractivity contribution in [3.05, 3.63) is 71.0 Å². The summed E-state index contributed by atoms with van der Waals surface area (Å²) < 4.78 is 40.7. The molecule has 2 aromatic heterocycles. The zero-order chi connectivity index (χ0) is 22.2. The van der Waals surface area contributed by atoms with Gasteiger partial charge in [0.05, 0.1) is 22.0 Å². The molecule has 160 valence electrons. The van der Waals surface area contributed by atoms with Gasteiger partial charge in [-0.1, -0.05) is 0 Å². The molecule has 0 fully saturated rings. The third-order valence-electron chi connectivity index (χ3n) is 4.64. The highest BCUT2D eigenvalue weighted by molar-refractivity contribution is 7.92. The van der Waals surface area contributed by atoms with Crippen LogP contribution in [-0.4, -0.2) is 29.9 Å². The van der Waals surface area contributed by atoms with Gasteiger partial charge in [-0.25, -0.2) is 17.5 Å². The number of sulfonamides is 1. The number of benzene rings is 2. The molecule has 0 aliphatic heterocycles. The number of thiophene rings is 1. The van der Waals surface area contributed by atoms with E-state index >= 15 is 0 Å². The summed E-state index contributed by atoms with van der Waals surface area (Å²) in [5.41, 5.74) is 2.44. The molecule has 7 nitrogen and oxygen atoms in total. The number of anilines is 2. The van der Waals surface area contributed by atoms with Crippen LogP contribution in [-0.2, 0) is 10.0 Å². The zero-order valence-electron chi connectivity index (χ0n) is 16.7. The van der Waals surface area contributed by atoms with E-state index in [0.717, 1.165) is 15.9 Å². The van der Waals surface area contributed by atoms with Crippen molar-refractivity contribution in [3.8, 4) is 5.69 Å². The van der Waals surface area contributed by atoms with Crippen molar-refractivity contribution in [3.63, 3.8) is 0 Å². The highest BCUT2D eigenvalue weighted by Crippen LogP contribution is 2.31. The van der Waals surface area contributed by atoms with Crippen molar-refractivity contribution in [2.45, 2.75) is 13.8 Å². The van der Waals surface area contributed by atoms with E-state index in [0.29, 0.717) is 21.9 Å². The highest BCUT2D eigenvalue weighted by atomic mass is 32.2. The molecule has 4 rings (SSSR count). The minimum Gasteiger partial charge on any atom is -0.321 e. The van der Waals surface area contributed by atoms with Gasteiger partial charge in [0, 0.05) is 16.8 Å². The number of halogens is 1. The summed E-state index contributed by atoms with van der Waals surface area (Å²) >= 11 is 1.29. The van der Waals surface area contributed by atoms with Crippen LogP contribution in [0, 0.1) is 12.7 Å². The number of aromatic nitrogens is 2. The Morgan fingerprint density at radius 2 is 1.74 bits per heavy atom. The standard InChI is InChI=1S/C21H19FN4O3S2/c1-3-31(28,29)25-16-8-6-15(7-9-16)23-20(27)19-12-18-13(2)24-26(21(18)30-19)17-10-4-14(22)5-11-17/h4-12,25H,3H2,1-2H3,(H,23,27). The SMILES string of the molecule is CCS(=O)(=O)Nc1ccc(NC(=O)c2cc3c(C)nn(-c4ccc(F)cc4)c3s2)cc1. The van der Waals surface area contributed by atoms with Gasteiger partial charge >= 0.3 is 0 Å². The topological polar surface area (TPSA) is 93.1 Å². The molecule has 0 atom stereocenters. The molecule has 0 aliphatic carbocycles. The van der Waals surface area contributed by atoms with Gasteiger partial charge in [-0.05, 0) is 68.4 Å². The number of hydrogen-bond acceptors (Lipinski definition) is 5. The second-order valence-electron chi connectivity index (χ2n) is 6.84. The molecule has 0 saturated carbocycles. The van der Waals surface area contributed by atoms with Crippen LogP contribution in [0.15, 0.2) is 54.6 Å². The summed E-state index contributed by atoms with van der Waals surface area (Å²) in [6.45, 7) is 3.41. The second-order valence-corrected chi connectivity index (χ2v) is 9.88. The third kappa shape index (κ3) is 4.44. The number of rotatable bonds is 6. The number of nitrogens with one attached hydrogen (secondary N) is 2. The normalized spacial score (nSPS) is 11.6. The van der Waals surface area contributed by atoms with Crippen molar-refractivity contribution >= 4 is 48.9 Å². The molecule has 1 amide bonds. The lowest BCUT2D eigenvalue weighted by atomic mass is 10.2. The fourth-order valence-corrected chi connectivity index (χ4v) is 4.70. The predicted octanol–water partition coefficient (Wildman–Crippen LogP) is 4.55. The number of carbonyl (C=O) groups is 1. The maximum atomic E-state index is 13.2. The fourth-order valence-electron chi connectivity index (χ4n) is 2.98. The number of amides is 1. The lowest BCUT2D eigenvalue weighted by Gasteiger charge is -2.08. The maximum Gasteiger partial charge on any atom is 0.265 e. The number of aryl methyl sites for hydroxylation is 1. The van der Waals surface area contributed by atoms with Crippen molar-refractivity contribution < 1.29 is 17.6 Å². The third-order valence-corrected chi connectivity index (χ3v) is 7.05. The second kappa shape index (κ2) is 8.12. The first-order valence-electron chi connectivity index (χ1n) is 9.43. The van der Waals surface area contributed by atoms with E-state index in [1.54, 1.807) is 54.1 Å². The minimum absolute atomic E-state index is 0.0216. The van der Waals surface area contributed by atoms with Gasteiger partial charge in [0.2, 0.25) is 10.0 Å². The van der Waals surface area contributed by atoms with Gasteiger partial charge in [0.25, 0.3) is 5.91 Å². The van der Waals surface area contributed by atoms with E-state index in [4.69, 9.17) is 0 Å². The number of carbonyl (C=O) groups excluding carboxylic acids is 1. The molecule has 10 heteroatoms. The predicted molar refractivity (Wildman–Crippen MR) is 121 cm³/mol. The Labute approximate surface area is 182 Å². The van der Waals surface area contributed by atoms with E-state index in [1.807, 2.05) is 6.92 Å². The molecule has 0 bridgehead atoms. The largest absolute Gasteiger partial charge is 0.321 e. The average molecular weight is 459 g/mol. The van der Waals surface area contributed by atoms with Crippen molar-refractivity contribution in [1.82, 2.24) is 9.78 Å². The summed E-state index contributed by atoms with van der Waals surface area (Å²) in [5, 5.41) is 8.16. The van der Waals surface area contributed by atoms with Crippen LogP contribution < -0.4 is 10.0 Å². The molecule has 0 saturated heterocycles. The minimum atomic E-state index is -3.36. The van der Waals surface area contributed by atoms with Crippen LogP contribution in [0.4, 0.5) is 15.8 Å². The van der Waals surface area contributed by atoms with Gasteiger partial charge in [-0.2, -0.15) is 5.10 Å². The Bertz CT molecular complexity index is 1360. The first kappa shape index (κ1) is 21.0. The Morgan fingerprint density at radius 1 is 1.10 bits per heavy atom. The Kier molecular flexibility index (Phi) is 5.50. The van der Waals surface area contributed by atoms with E-state index in [1.165, 1.54) is 23.5 Å². The molecular weight excluding hydrogens is 439 g/mol. The monoisotopic (exact) mass is 458 g/mol. The van der Waals surface area contributed by atoms with Gasteiger partial charge in [0.15, 0.2) is 0 Å². The molecule has 31 heavy (non-hydrogen) atoms. The molecule has 0 unspecified atom stereocenters.